The van der Waals surface area contributed by atoms with Gasteiger partial charge in [0.2, 0.25) is 0 Å². The van der Waals surface area contributed by atoms with Crippen molar-refractivity contribution in [1.29, 1.82) is 0 Å². The van der Waals surface area contributed by atoms with E-state index in [9.17, 15) is 0 Å². The summed E-state index contributed by atoms with van der Waals surface area (Å²) in [5, 5.41) is 2.19. The molecule has 0 N–H and O–H groups in total. The molecule has 0 atom stereocenters. The molecule has 3 aromatic carbocycles. The molecule has 0 spiro atoms. The van der Waals surface area contributed by atoms with E-state index in [4.69, 9.17) is 9.97 Å². The van der Waals surface area contributed by atoms with Gasteiger partial charge in [-0.1, -0.05) is 42.5 Å². The van der Waals surface area contributed by atoms with E-state index in [0.29, 0.717) is 0 Å². The minimum Gasteiger partial charge on any atom is -0.290 e. The van der Waals surface area contributed by atoms with Gasteiger partial charge in [0, 0.05) is 35.8 Å². The van der Waals surface area contributed by atoms with Crippen LogP contribution >= 0.6 is 0 Å². The molecule has 0 saturated carbocycles. The first-order valence-corrected chi connectivity index (χ1v) is 12.0. The minimum atomic E-state index is 0.912. The van der Waals surface area contributed by atoms with Crippen LogP contribution in [0.25, 0.3) is 60.7 Å². The monoisotopic (exact) mass is 446 g/mol. The van der Waals surface area contributed by atoms with Gasteiger partial charge in [-0.15, -0.1) is 0 Å². The first kappa shape index (κ1) is 17.8. The third kappa shape index (κ3) is 2.15. The highest BCUT2D eigenvalue weighted by Crippen LogP contribution is 2.46. The van der Waals surface area contributed by atoms with E-state index in [1.165, 1.54) is 44.5 Å². The Labute approximate surface area is 200 Å². The number of nitrogens with zero attached hydrogens (tertiary/aromatic N) is 4. The summed E-state index contributed by atoms with van der Waals surface area (Å²) in [5.74, 6) is 0. The van der Waals surface area contributed by atoms with Gasteiger partial charge in [0.25, 0.3) is 0 Å². The van der Waals surface area contributed by atoms with Gasteiger partial charge in [0.15, 0.2) is 5.65 Å². The van der Waals surface area contributed by atoms with Crippen molar-refractivity contribution in [3.63, 3.8) is 0 Å². The van der Waals surface area contributed by atoms with Crippen molar-refractivity contribution in [3.05, 3.63) is 108 Å². The Morgan fingerprint density at radius 1 is 0.629 bits per heavy atom. The smallest absolute Gasteiger partial charge is 0.165 e. The number of pyridine rings is 3. The average molecular weight is 447 g/mol. The zero-order valence-corrected chi connectivity index (χ0v) is 18.8. The molecule has 0 unspecified atom stereocenters. The highest BCUT2D eigenvalue weighted by Gasteiger charge is 2.28. The molecule has 4 heterocycles. The van der Waals surface area contributed by atoms with Gasteiger partial charge in [-0.3, -0.25) is 14.4 Å². The number of hydrogen-bond acceptors (Lipinski definition) is 3. The van der Waals surface area contributed by atoms with Gasteiger partial charge in [0.05, 0.1) is 16.6 Å². The van der Waals surface area contributed by atoms with Crippen molar-refractivity contribution in [1.82, 2.24) is 19.4 Å². The van der Waals surface area contributed by atoms with Crippen molar-refractivity contribution in [2.75, 3.05) is 0 Å². The highest BCUT2D eigenvalue weighted by molar-refractivity contribution is 6.12. The Balaban J connectivity index is 1.36. The van der Waals surface area contributed by atoms with E-state index in [1.54, 1.807) is 0 Å². The van der Waals surface area contributed by atoms with E-state index in [2.05, 4.69) is 70.0 Å². The van der Waals surface area contributed by atoms with Crippen LogP contribution in [-0.2, 0) is 12.8 Å². The second kappa shape index (κ2) is 6.10. The van der Waals surface area contributed by atoms with Gasteiger partial charge in [-0.05, 0) is 75.2 Å². The van der Waals surface area contributed by atoms with Crippen molar-refractivity contribution in [2.24, 2.45) is 0 Å². The molecule has 0 amide bonds. The lowest BCUT2D eigenvalue weighted by Crippen LogP contribution is -1.93. The van der Waals surface area contributed by atoms with E-state index in [0.717, 1.165) is 51.3 Å². The second-order valence-corrected chi connectivity index (χ2v) is 9.70. The number of rotatable bonds is 0. The fraction of sp³-hybridized carbons (Fsp3) is 0.0645. The molecule has 4 heteroatoms. The molecule has 0 radical (unpaired) electrons. The summed E-state index contributed by atoms with van der Waals surface area (Å²) >= 11 is 0. The molecule has 2 aliphatic carbocycles. The summed E-state index contributed by atoms with van der Waals surface area (Å²) in [7, 11) is 0. The van der Waals surface area contributed by atoms with Crippen LogP contribution in [0.5, 0.6) is 0 Å². The molecule has 4 aromatic heterocycles. The molecule has 0 fully saturated rings. The van der Waals surface area contributed by atoms with E-state index in [-0.39, 0.29) is 0 Å². The fourth-order valence-electron chi connectivity index (χ4n) is 6.45. The quantitative estimate of drug-likeness (QED) is 0.243. The SMILES string of the molecule is c1ccc2c(c1)Cc1cc3c(cc1-2)-c1ccc2c(nc4c5ncccc5c5cnccc5n24)c1C3. The maximum absolute atomic E-state index is 5.24. The topological polar surface area (TPSA) is 43.1 Å². The molecule has 7 aromatic rings. The van der Waals surface area contributed by atoms with Crippen LogP contribution in [0, 0.1) is 0 Å². The van der Waals surface area contributed by atoms with Crippen molar-refractivity contribution < 1.29 is 0 Å². The van der Waals surface area contributed by atoms with Crippen LogP contribution in [0.4, 0.5) is 0 Å². The van der Waals surface area contributed by atoms with Crippen molar-refractivity contribution >= 4 is 38.5 Å². The van der Waals surface area contributed by atoms with Gasteiger partial charge >= 0.3 is 0 Å². The minimum absolute atomic E-state index is 0.912. The van der Waals surface area contributed by atoms with Crippen LogP contribution in [0.1, 0.15) is 22.3 Å². The molecule has 0 bridgehead atoms. The third-order valence-corrected chi connectivity index (χ3v) is 7.96. The lowest BCUT2D eigenvalue weighted by atomic mass is 9.98. The zero-order chi connectivity index (χ0) is 22.7. The highest BCUT2D eigenvalue weighted by atomic mass is 15.0. The van der Waals surface area contributed by atoms with Gasteiger partial charge in [0.1, 0.15) is 5.52 Å². The molecular weight excluding hydrogens is 428 g/mol. The standard InChI is InChI=1S/C31H18N4/c1-2-5-20-17(4-1)12-18-13-19-14-25-21(24(19)15-23(18)20)7-8-28-29(25)34-31-30-22(6-3-10-33-30)26-16-32-11-9-27(26)35(28)31/h1-11,13,15-16H,12,14H2. The third-order valence-electron chi connectivity index (χ3n) is 7.96. The van der Waals surface area contributed by atoms with E-state index >= 15 is 0 Å². The predicted molar refractivity (Wildman–Crippen MR) is 140 cm³/mol. The molecular formula is C31H18N4. The van der Waals surface area contributed by atoms with Crippen molar-refractivity contribution in [2.45, 2.75) is 12.8 Å². The van der Waals surface area contributed by atoms with Crippen LogP contribution in [0.3, 0.4) is 0 Å². The summed E-state index contributed by atoms with van der Waals surface area (Å²) in [6.07, 6.45) is 7.59. The lowest BCUT2D eigenvalue weighted by molar-refractivity contribution is 1.22. The van der Waals surface area contributed by atoms with Gasteiger partial charge in [-0.2, -0.15) is 0 Å². The van der Waals surface area contributed by atoms with Gasteiger partial charge < -0.3 is 0 Å². The number of hydrogen-bond donors (Lipinski definition) is 0. The van der Waals surface area contributed by atoms with Crippen LogP contribution in [-0.4, -0.2) is 19.4 Å². The largest absolute Gasteiger partial charge is 0.290 e. The lowest BCUT2D eigenvalue weighted by Gasteiger charge is -2.08. The van der Waals surface area contributed by atoms with Crippen molar-refractivity contribution in [3.8, 4) is 22.3 Å². The summed E-state index contributed by atoms with van der Waals surface area (Å²) < 4.78 is 2.27. The van der Waals surface area contributed by atoms with Crippen LogP contribution in [0.15, 0.2) is 85.3 Å². The number of aromatic nitrogens is 4. The van der Waals surface area contributed by atoms with Gasteiger partial charge in [-0.25, -0.2) is 4.98 Å². The Hall–Kier alpha value is -4.57. The molecule has 4 nitrogen and oxygen atoms in total. The van der Waals surface area contributed by atoms with E-state index < -0.39 is 0 Å². The fourth-order valence-corrected chi connectivity index (χ4v) is 6.45. The number of benzene rings is 3. The Kier molecular flexibility index (Phi) is 3.11. The summed E-state index contributed by atoms with van der Waals surface area (Å²) in [5.41, 5.74) is 16.2. The molecule has 2 aliphatic rings. The normalized spacial score (nSPS) is 13.5. The Morgan fingerprint density at radius 3 is 2.54 bits per heavy atom. The summed E-state index contributed by atoms with van der Waals surface area (Å²) in [6, 6.07) is 24.4. The molecule has 0 aliphatic heterocycles. The first-order valence-electron chi connectivity index (χ1n) is 12.0. The molecule has 162 valence electrons. The second-order valence-electron chi connectivity index (χ2n) is 9.70. The number of fused-ring (bicyclic) bond motifs is 15. The maximum atomic E-state index is 5.24. The zero-order valence-electron chi connectivity index (χ0n) is 18.8. The summed E-state index contributed by atoms with van der Waals surface area (Å²) in [6.45, 7) is 0. The van der Waals surface area contributed by atoms with Crippen LogP contribution in [0.2, 0.25) is 0 Å². The molecule has 0 saturated heterocycles. The Bertz CT molecular complexity index is 2070. The van der Waals surface area contributed by atoms with E-state index in [1.807, 2.05) is 24.7 Å². The Morgan fingerprint density at radius 2 is 1.54 bits per heavy atom. The number of imidazole rings is 1. The first-order chi connectivity index (χ1) is 17.3. The average Bonchev–Trinajstić information content (AvgIpc) is 3.58. The predicted octanol–water partition coefficient (Wildman–Crippen LogP) is 6.73. The maximum Gasteiger partial charge on any atom is 0.165 e. The molecule has 9 rings (SSSR count). The van der Waals surface area contributed by atoms with Crippen LogP contribution < -0.4 is 0 Å². The molecule has 35 heavy (non-hydrogen) atoms. The summed E-state index contributed by atoms with van der Waals surface area (Å²) in [4.78, 5) is 14.4.